The topological polar surface area (TPSA) is 66.4 Å². The number of aromatic amines is 1. The Bertz CT molecular complexity index is 1690. The van der Waals surface area contributed by atoms with Crippen molar-refractivity contribution >= 4 is 28.0 Å². The Kier molecular flexibility index (Phi) is 6.25. The van der Waals surface area contributed by atoms with Crippen LogP contribution >= 0.6 is 11.3 Å². The maximum atomic E-state index is 6.05. The van der Waals surface area contributed by atoms with Gasteiger partial charge in [0.15, 0.2) is 0 Å². The van der Waals surface area contributed by atoms with E-state index in [1.807, 2.05) is 23.6 Å². The molecule has 0 spiro atoms. The van der Waals surface area contributed by atoms with Crippen molar-refractivity contribution in [1.29, 1.82) is 0 Å². The number of aryl methyl sites for hydroxylation is 1. The number of H-pyrrole nitrogens is 1. The number of aromatic nitrogens is 3. The molecule has 0 aliphatic carbocycles. The Hall–Kier alpha value is -3.81. The summed E-state index contributed by atoms with van der Waals surface area (Å²) in [6, 6.07) is 19.4. The number of hydrogen-bond donors (Lipinski definition) is 1. The van der Waals surface area contributed by atoms with Crippen molar-refractivity contribution in [1.82, 2.24) is 19.9 Å². The van der Waals surface area contributed by atoms with Crippen LogP contribution in [0.2, 0.25) is 0 Å². The molecule has 4 aromatic heterocycles. The predicted molar refractivity (Wildman–Crippen MR) is 159 cm³/mol. The van der Waals surface area contributed by atoms with Gasteiger partial charge >= 0.3 is 0 Å². The fourth-order valence-electron chi connectivity index (χ4n) is 5.69. The fourth-order valence-corrected chi connectivity index (χ4v) is 6.60. The number of likely N-dealkylation sites (tertiary alicyclic amines) is 1. The molecular formula is C32H31N5OS. The van der Waals surface area contributed by atoms with Crippen LogP contribution in [0.3, 0.4) is 0 Å². The van der Waals surface area contributed by atoms with Gasteiger partial charge in [0.05, 0.1) is 29.3 Å². The number of nitrogens with zero attached hydrogens (tertiary/aromatic N) is 4. The molecule has 1 N–H and O–H groups in total. The highest BCUT2D eigenvalue weighted by atomic mass is 32.1. The molecular weight excluding hydrogens is 502 g/mol. The molecule has 6 nitrogen and oxygen atoms in total. The van der Waals surface area contributed by atoms with Gasteiger partial charge in [-0.25, -0.2) is 4.98 Å². The monoisotopic (exact) mass is 533 g/mol. The van der Waals surface area contributed by atoms with E-state index in [0.29, 0.717) is 6.61 Å². The first-order chi connectivity index (χ1) is 19.1. The van der Waals surface area contributed by atoms with Crippen LogP contribution in [-0.4, -0.2) is 51.8 Å². The second kappa shape index (κ2) is 10.1. The second-order valence-electron chi connectivity index (χ2n) is 10.5. The SMILES string of the molecule is Cc1ccc(-c2cccc3[nH]c(C4=N[C@@H](C)c5ccc(-c6cncc(OCCN7CCCC7)c6)nc54)cc23)s1. The smallest absolute Gasteiger partial charge is 0.138 e. The van der Waals surface area contributed by atoms with Crippen molar-refractivity contribution in [3.05, 3.63) is 88.8 Å². The van der Waals surface area contributed by atoms with E-state index in [1.54, 1.807) is 6.20 Å². The number of thiophene rings is 1. The molecule has 1 fully saturated rings. The lowest BCUT2D eigenvalue weighted by atomic mass is 10.0. The third kappa shape index (κ3) is 4.66. The van der Waals surface area contributed by atoms with Gasteiger partial charge < -0.3 is 9.72 Å². The van der Waals surface area contributed by atoms with E-state index in [4.69, 9.17) is 14.7 Å². The zero-order valence-corrected chi connectivity index (χ0v) is 23.1. The highest BCUT2D eigenvalue weighted by molar-refractivity contribution is 7.15. The number of benzene rings is 1. The Labute approximate surface area is 232 Å². The van der Waals surface area contributed by atoms with E-state index in [2.05, 4.69) is 77.2 Å². The summed E-state index contributed by atoms with van der Waals surface area (Å²) in [7, 11) is 0. The van der Waals surface area contributed by atoms with E-state index < -0.39 is 0 Å². The first kappa shape index (κ1) is 24.2. The average molecular weight is 534 g/mol. The van der Waals surface area contributed by atoms with Gasteiger partial charge in [-0.2, -0.15) is 0 Å². The zero-order valence-electron chi connectivity index (χ0n) is 22.3. The Morgan fingerprint density at radius 3 is 2.79 bits per heavy atom. The van der Waals surface area contributed by atoms with Crippen LogP contribution in [0.4, 0.5) is 0 Å². The maximum Gasteiger partial charge on any atom is 0.138 e. The molecule has 1 atom stereocenters. The standard InChI is InChI=1S/C32H31N5OS/c1-20-8-11-30(39-20)25-6-5-7-28-26(25)17-29(35-28)32-31-24(21(2)34-32)9-10-27(36-31)22-16-23(19-33-18-22)38-15-14-37-12-3-4-13-37/h5-11,16-19,21,35H,3-4,12-15H2,1-2H3/t21-/m0/s1. The molecule has 5 aromatic rings. The molecule has 0 bridgehead atoms. The summed E-state index contributed by atoms with van der Waals surface area (Å²) in [5.41, 5.74) is 8.16. The highest BCUT2D eigenvalue weighted by Crippen LogP contribution is 2.37. The maximum absolute atomic E-state index is 6.05. The van der Waals surface area contributed by atoms with Crippen molar-refractivity contribution in [3.8, 4) is 27.4 Å². The van der Waals surface area contributed by atoms with Crippen molar-refractivity contribution in [3.63, 3.8) is 0 Å². The van der Waals surface area contributed by atoms with E-state index in [1.165, 1.54) is 46.6 Å². The summed E-state index contributed by atoms with van der Waals surface area (Å²) in [5.74, 6) is 0.781. The number of nitrogens with one attached hydrogen (secondary N) is 1. The van der Waals surface area contributed by atoms with Gasteiger partial charge in [-0.1, -0.05) is 18.2 Å². The quantitative estimate of drug-likeness (QED) is 0.243. The molecule has 196 valence electrons. The summed E-state index contributed by atoms with van der Waals surface area (Å²) in [5, 5.41) is 1.21. The molecule has 2 aliphatic rings. The number of pyridine rings is 2. The zero-order chi connectivity index (χ0) is 26.3. The number of hydrogen-bond acceptors (Lipinski definition) is 6. The van der Waals surface area contributed by atoms with Gasteiger partial charge in [0.2, 0.25) is 0 Å². The largest absolute Gasteiger partial charge is 0.491 e. The van der Waals surface area contributed by atoms with E-state index in [9.17, 15) is 0 Å². The normalized spacial score (nSPS) is 17.1. The Morgan fingerprint density at radius 1 is 1.05 bits per heavy atom. The van der Waals surface area contributed by atoms with Gasteiger partial charge in [0, 0.05) is 50.1 Å². The minimum Gasteiger partial charge on any atom is -0.491 e. The molecule has 6 heterocycles. The molecule has 39 heavy (non-hydrogen) atoms. The van der Waals surface area contributed by atoms with Crippen LogP contribution in [0.25, 0.3) is 32.6 Å². The summed E-state index contributed by atoms with van der Waals surface area (Å²) < 4.78 is 6.05. The van der Waals surface area contributed by atoms with Crippen molar-refractivity contribution < 1.29 is 4.74 Å². The minimum atomic E-state index is 0.0563. The first-order valence-corrected chi connectivity index (χ1v) is 14.5. The van der Waals surface area contributed by atoms with Gasteiger partial charge in [-0.05, 0) is 76.2 Å². The molecule has 0 saturated carbocycles. The predicted octanol–water partition coefficient (Wildman–Crippen LogP) is 7.05. The Balaban J connectivity index is 1.19. The number of rotatable bonds is 7. The fraction of sp³-hybridized carbons (Fsp3) is 0.281. The molecule has 7 heteroatoms. The van der Waals surface area contributed by atoms with Crippen molar-refractivity contribution in [2.45, 2.75) is 32.7 Å². The molecule has 0 amide bonds. The van der Waals surface area contributed by atoms with Gasteiger partial charge in [-0.15, -0.1) is 11.3 Å². The van der Waals surface area contributed by atoms with Crippen molar-refractivity contribution in [2.24, 2.45) is 4.99 Å². The van der Waals surface area contributed by atoms with Gasteiger partial charge in [0.1, 0.15) is 18.1 Å². The third-order valence-electron chi connectivity index (χ3n) is 7.73. The van der Waals surface area contributed by atoms with Gasteiger partial charge in [-0.3, -0.25) is 14.9 Å². The van der Waals surface area contributed by atoms with E-state index in [0.717, 1.165) is 51.7 Å². The summed E-state index contributed by atoms with van der Waals surface area (Å²) in [6.07, 6.45) is 6.22. The van der Waals surface area contributed by atoms with Crippen LogP contribution in [-0.2, 0) is 0 Å². The molecule has 2 aliphatic heterocycles. The van der Waals surface area contributed by atoms with Crippen LogP contribution in [0, 0.1) is 6.92 Å². The molecule has 0 radical (unpaired) electrons. The summed E-state index contributed by atoms with van der Waals surface area (Å²) >= 11 is 1.82. The molecule has 1 aromatic carbocycles. The van der Waals surface area contributed by atoms with Crippen LogP contribution in [0.1, 0.15) is 47.6 Å². The average Bonchev–Trinajstić information content (AvgIpc) is 3.76. The lowest BCUT2D eigenvalue weighted by Crippen LogP contribution is -2.25. The number of fused-ring (bicyclic) bond motifs is 2. The first-order valence-electron chi connectivity index (χ1n) is 13.7. The second-order valence-corrected chi connectivity index (χ2v) is 11.7. The Morgan fingerprint density at radius 2 is 1.95 bits per heavy atom. The van der Waals surface area contributed by atoms with Crippen LogP contribution in [0.15, 0.2) is 72.0 Å². The summed E-state index contributed by atoms with van der Waals surface area (Å²) in [6.45, 7) is 8.26. The highest BCUT2D eigenvalue weighted by Gasteiger charge is 2.27. The molecule has 1 saturated heterocycles. The third-order valence-corrected chi connectivity index (χ3v) is 8.77. The molecule has 0 unspecified atom stereocenters. The van der Waals surface area contributed by atoms with E-state index in [-0.39, 0.29) is 6.04 Å². The number of aliphatic imine (C=N–C) groups is 1. The number of ether oxygens (including phenoxy) is 1. The van der Waals surface area contributed by atoms with Crippen molar-refractivity contribution in [2.75, 3.05) is 26.2 Å². The van der Waals surface area contributed by atoms with Gasteiger partial charge in [0.25, 0.3) is 0 Å². The minimum absolute atomic E-state index is 0.0563. The molecule has 7 rings (SSSR count). The van der Waals surface area contributed by atoms with Crippen LogP contribution in [0.5, 0.6) is 5.75 Å². The lowest BCUT2D eigenvalue weighted by Gasteiger charge is -2.15. The van der Waals surface area contributed by atoms with E-state index >= 15 is 0 Å². The van der Waals surface area contributed by atoms with Crippen LogP contribution < -0.4 is 4.74 Å². The summed E-state index contributed by atoms with van der Waals surface area (Å²) in [4.78, 5) is 23.3. The lowest BCUT2D eigenvalue weighted by molar-refractivity contribution is 0.237.